The molecule has 0 saturated heterocycles. The fourth-order valence-corrected chi connectivity index (χ4v) is 9.78. The van der Waals surface area contributed by atoms with Crippen LogP contribution in [0.4, 0.5) is 0 Å². The standard InChI is InChI=1S/C51H35N3OS/c1-4-13-32(14-5-1)38-30-41(34-15-6-2-7-16-34)48-43(31-38)47-40(20-12-22-46(47)56-48)51-53-49(35-17-8-3-9-18-35)52-50(54-51)36-25-23-33(24-26-36)37-27-28-45-42(29-37)39-19-10-11-21-44(39)55-45/h1-8,10-17,19-31,40,47H,9,18H2. The molecule has 1 aliphatic heterocycles. The van der Waals surface area contributed by atoms with Crippen LogP contribution in [0.3, 0.4) is 0 Å². The molecule has 6 aromatic carbocycles. The third-order valence-electron chi connectivity index (χ3n) is 11.2. The number of hydrogen-bond donors (Lipinski definition) is 0. The normalized spacial score (nSPS) is 17.1. The molecule has 0 N–H and O–H groups in total. The molecule has 266 valence electrons. The quantitative estimate of drug-likeness (QED) is 0.170. The van der Waals surface area contributed by atoms with E-state index in [1.165, 1.54) is 37.6 Å². The van der Waals surface area contributed by atoms with E-state index >= 15 is 0 Å². The zero-order valence-corrected chi connectivity index (χ0v) is 31.3. The van der Waals surface area contributed by atoms with Crippen LogP contribution >= 0.6 is 11.8 Å². The van der Waals surface area contributed by atoms with E-state index in [-0.39, 0.29) is 11.8 Å². The summed E-state index contributed by atoms with van der Waals surface area (Å²) >= 11 is 1.89. The number of para-hydroxylation sites is 1. The van der Waals surface area contributed by atoms with Crippen molar-refractivity contribution in [2.75, 3.05) is 0 Å². The minimum absolute atomic E-state index is 0.0607. The number of fused-ring (bicyclic) bond motifs is 6. The molecule has 3 aliphatic rings. The van der Waals surface area contributed by atoms with Gasteiger partial charge in [0, 0.05) is 33.1 Å². The van der Waals surface area contributed by atoms with Crippen LogP contribution in [0.25, 0.3) is 72.3 Å². The molecule has 2 aliphatic carbocycles. The maximum atomic E-state index is 6.10. The Morgan fingerprint density at radius 1 is 0.554 bits per heavy atom. The zero-order chi connectivity index (χ0) is 37.0. The van der Waals surface area contributed by atoms with E-state index in [1.54, 1.807) is 0 Å². The summed E-state index contributed by atoms with van der Waals surface area (Å²) in [6, 6.07) is 49.5. The summed E-state index contributed by atoms with van der Waals surface area (Å²) < 4.78 is 6.10. The van der Waals surface area contributed by atoms with Gasteiger partial charge in [-0.05, 0) is 92.6 Å². The Hall–Kier alpha value is -6.56. The van der Waals surface area contributed by atoms with Crippen molar-refractivity contribution < 1.29 is 4.42 Å². The molecule has 11 rings (SSSR count). The Balaban J connectivity index is 1.01. The Kier molecular flexibility index (Phi) is 7.99. The van der Waals surface area contributed by atoms with Gasteiger partial charge < -0.3 is 4.42 Å². The van der Waals surface area contributed by atoms with Crippen LogP contribution < -0.4 is 0 Å². The van der Waals surface area contributed by atoms with Crippen molar-refractivity contribution in [2.45, 2.75) is 29.6 Å². The zero-order valence-electron chi connectivity index (χ0n) is 30.5. The van der Waals surface area contributed by atoms with Crippen LogP contribution in [-0.4, -0.2) is 15.0 Å². The van der Waals surface area contributed by atoms with Crippen LogP contribution in [0.15, 0.2) is 190 Å². The van der Waals surface area contributed by atoms with Crippen LogP contribution in [0.2, 0.25) is 0 Å². The average Bonchev–Trinajstić information content (AvgIpc) is 3.85. The first-order valence-electron chi connectivity index (χ1n) is 19.2. The van der Waals surface area contributed by atoms with Gasteiger partial charge in [0.25, 0.3) is 0 Å². The second-order valence-corrected chi connectivity index (χ2v) is 15.7. The van der Waals surface area contributed by atoms with E-state index < -0.39 is 0 Å². The summed E-state index contributed by atoms with van der Waals surface area (Å²) in [5.41, 5.74) is 12.4. The van der Waals surface area contributed by atoms with Crippen LogP contribution in [0.5, 0.6) is 0 Å². The van der Waals surface area contributed by atoms with Crippen LogP contribution in [-0.2, 0) is 0 Å². The number of benzene rings is 6. The predicted molar refractivity (Wildman–Crippen MR) is 230 cm³/mol. The highest BCUT2D eigenvalue weighted by molar-refractivity contribution is 8.03. The summed E-state index contributed by atoms with van der Waals surface area (Å²) in [5.74, 6) is 2.28. The first-order chi connectivity index (χ1) is 27.7. The van der Waals surface area contributed by atoms with Gasteiger partial charge in [-0.15, -0.1) is 0 Å². The first-order valence-corrected chi connectivity index (χ1v) is 20.0. The van der Waals surface area contributed by atoms with E-state index in [0.717, 1.165) is 68.7 Å². The minimum atomic E-state index is -0.0607. The van der Waals surface area contributed by atoms with Crippen LogP contribution in [0, 0.1) is 0 Å². The predicted octanol–water partition coefficient (Wildman–Crippen LogP) is 13.6. The van der Waals surface area contributed by atoms with Crippen molar-refractivity contribution in [3.63, 3.8) is 0 Å². The molecule has 2 aromatic heterocycles. The molecule has 4 nitrogen and oxygen atoms in total. The lowest BCUT2D eigenvalue weighted by Crippen LogP contribution is -2.16. The van der Waals surface area contributed by atoms with E-state index in [2.05, 4.69) is 164 Å². The molecule has 0 bridgehead atoms. The van der Waals surface area contributed by atoms with Crippen molar-refractivity contribution in [3.05, 3.63) is 198 Å². The number of thioether (sulfide) groups is 1. The topological polar surface area (TPSA) is 51.8 Å². The highest BCUT2D eigenvalue weighted by Crippen LogP contribution is 2.59. The molecule has 3 heterocycles. The smallest absolute Gasteiger partial charge is 0.163 e. The lowest BCUT2D eigenvalue weighted by Gasteiger charge is -2.25. The summed E-state index contributed by atoms with van der Waals surface area (Å²) in [5, 5.41) is 2.25. The molecule has 8 aromatic rings. The number of allylic oxidation sites excluding steroid dienone is 8. The summed E-state index contributed by atoms with van der Waals surface area (Å²) in [4.78, 5) is 18.4. The van der Waals surface area contributed by atoms with Crippen molar-refractivity contribution in [1.29, 1.82) is 0 Å². The third-order valence-corrected chi connectivity index (χ3v) is 12.5. The minimum Gasteiger partial charge on any atom is -0.456 e. The lowest BCUT2D eigenvalue weighted by molar-refractivity contribution is 0.666. The number of furan rings is 1. The fraction of sp³-hybridized carbons (Fsp3) is 0.0784. The van der Waals surface area contributed by atoms with Gasteiger partial charge in [-0.1, -0.05) is 157 Å². The number of aromatic nitrogens is 3. The molecule has 5 heteroatoms. The lowest BCUT2D eigenvalue weighted by atomic mass is 9.80. The van der Waals surface area contributed by atoms with Crippen molar-refractivity contribution in [1.82, 2.24) is 15.0 Å². The van der Waals surface area contributed by atoms with Gasteiger partial charge in [-0.2, -0.15) is 0 Å². The average molecular weight is 738 g/mol. The number of rotatable bonds is 6. The maximum Gasteiger partial charge on any atom is 0.163 e. The molecular formula is C51H35N3OS. The van der Waals surface area contributed by atoms with Gasteiger partial charge in [0.15, 0.2) is 11.6 Å². The number of hydrogen-bond acceptors (Lipinski definition) is 5. The molecule has 0 saturated carbocycles. The number of nitrogens with zero attached hydrogens (tertiary/aromatic N) is 3. The van der Waals surface area contributed by atoms with E-state index in [0.29, 0.717) is 5.82 Å². The van der Waals surface area contributed by atoms with E-state index in [1.807, 2.05) is 23.9 Å². The van der Waals surface area contributed by atoms with Crippen molar-refractivity contribution in [2.24, 2.45) is 0 Å². The van der Waals surface area contributed by atoms with Gasteiger partial charge >= 0.3 is 0 Å². The van der Waals surface area contributed by atoms with E-state index in [9.17, 15) is 0 Å². The molecule has 0 fully saturated rings. The first kappa shape index (κ1) is 32.8. The second kappa shape index (κ2) is 13.6. The molecule has 56 heavy (non-hydrogen) atoms. The Morgan fingerprint density at radius 3 is 2.09 bits per heavy atom. The molecule has 0 amide bonds. The fourth-order valence-electron chi connectivity index (χ4n) is 8.41. The molecule has 2 unspecified atom stereocenters. The van der Waals surface area contributed by atoms with Gasteiger partial charge in [0.2, 0.25) is 0 Å². The molecule has 2 atom stereocenters. The molecule has 0 spiro atoms. The maximum absolute atomic E-state index is 6.10. The van der Waals surface area contributed by atoms with Crippen molar-refractivity contribution in [3.8, 4) is 44.8 Å². The Bertz CT molecular complexity index is 2940. The van der Waals surface area contributed by atoms with E-state index in [4.69, 9.17) is 19.4 Å². The van der Waals surface area contributed by atoms with Gasteiger partial charge in [-0.25, -0.2) is 15.0 Å². The largest absolute Gasteiger partial charge is 0.456 e. The summed E-state index contributed by atoms with van der Waals surface area (Å²) in [7, 11) is 0. The van der Waals surface area contributed by atoms with Gasteiger partial charge in [0.05, 0.1) is 0 Å². The van der Waals surface area contributed by atoms with Gasteiger partial charge in [-0.3, -0.25) is 0 Å². The highest BCUT2D eigenvalue weighted by atomic mass is 32.2. The molecule has 0 radical (unpaired) electrons. The highest BCUT2D eigenvalue weighted by Gasteiger charge is 2.39. The Morgan fingerprint density at radius 2 is 1.27 bits per heavy atom. The van der Waals surface area contributed by atoms with Crippen LogP contribution in [0.1, 0.15) is 41.9 Å². The second-order valence-electron chi connectivity index (χ2n) is 14.6. The van der Waals surface area contributed by atoms with Crippen molar-refractivity contribution >= 4 is 39.3 Å². The van der Waals surface area contributed by atoms with Gasteiger partial charge in [0.1, 0.15) is 17.0 Å². The third kappa shape index (κ3) is 5.75. The molecular weight excluding hydrogens is 703 g/mol. The Labute approximate surface area is 329 Å². The monoisotopic (exact) mass is 737 g/mol. The summed E-state index contributed by atoms with van der Waals surface area (Å²) in [6.07, 6.45) is 15.1. The summed E-state index contributed by atoms with van der Waals surface area (Å²) in [6.45, 7) is 0. The SMILES string of the molecule is C1=CCCC(c2nc(-c3ccc(-c4ccc5oc6ccccc6c5c4)cc3)nc(C3C=CC=C4Sc5c(-c6ccccc6)cc(-c6ccccc6)cc5C43)n2)=C1.